The second-order valence-electron chi connectivity index (χ2n) is 15.6. The summed E-state index contributed by atoms with van der Waals surface area (Å²) in [6.07, 6.45) is 3.75. The number of amides is 1. The Kier molecular flexibility index (Phi) is 12.3. The summed E-state index contributed by atoms with van der Waals surface area (Å²) in [5, 5.41) is 14.3. The first-order chi connectivity index (χ1) is 21.3. The van der Waals surface area contributed by atoms with Gasteiger partial charge < -0.3 is 24.6 Å². The maximum atomic E-state index is 13.3. The molecular formula is C38H57N3O4Si. The summed E-state index contributed by atoms with van der Waals surface area (Å²) >= 11 is 0. The Morgan fingerprint density at radius 3 is 2.00 bits per heavy atom. The van der Waals surface area contributed by atoms with Gasteiger partial charge in [-0.1, -0.05) is 101 Å². The molecule has 1 amide bonds. The molecule has 4 atom stereocenters. The normalized spacial score (nSPS) is 15.5. The molecule has 3 rings (SSSR count). The molecule has 2 aromatic carbocycles. The quantitative estimate of drug-likeness (QED) is 0.120. The van der Waals surface area contributed by atoms with E-state index in [1.807, 2.05) is 71.0 Å². The fourth-order valence-electron chi connectivity index (χ4n) is 5.13. The van der Waals surface area contributed by atoms with Crippen LogP contribution in [0, 0.1) is 5.41 Å². The predicted octanol–water partition coefficient (Wildman–Crippen LogP) is 8.90. The van der Waals surface area contributed by atoms with Gasteiger partial charge >= 0.3 is 6.09 Å². The minimum absolute atomic E-state index is 0.0539. The summed E-state index contributed by atoms with van der Waals surface area (Å²) in [5.74, 6) is 0.681. The number of rotatable bonds is 14. The second kappa shape index (κ2) is 15.1. The van der Waals surface area contributed by atoms with Gasteiger partial charge in [0.05, 0.1) is 24.0 Å². The zero-order chi connectivity index (χ0) is 34.3. The number of hydrogen-bond donors (Lipinski definition) is 3. The Morgan fingerprint density at radius 2 is 1.50 bits per heavy atom. The van der Waals surface area contributed by atoms with Crippen molar-refractivity contribution < 1.29 is 19.1 Å². The van der Waals surface area contributed by atoms with Crippen molar-refractivity contribution in [3.05, 3.63) is 102 Å². The Morgan fingerprint density at radius 1 is 0.957 bits per heavy atom. The first-order valence-electron chi connectivity index (χ1n) is 16.4. The summed E-state index contributed by atoms with van der Waals surface area (Å²) in [7, 11) is -2.32. The van der Waals surface area contributed by atoms with Gasteiger partial charge in [0.2, 0.25) is 0 Å². The first-order valence-corrected chi connectivity index (χ1v) is 19.3. The van der Waals surface area contributed by atoms with Gasteiger partial charge in [0.15, 0.2) is 8.32 Å². The van der Waals surface area contributed by atoms with Crippen LogP contribution in [0.25, 0.3) is 0 Å². The van der Waals surface area contributed by atoms with E-state index in [4.69, 9.17) is 14.1 Å². The summed E-state index contributed by atoms with van der Waals surface area (Å²) in [6, 6.07) is 20.2. The van der Waals surface area contributed by atoms with E-state index in [0.29, 0.717) is 25.0 Å². The highest BCUT2D eigenvalue weighted by atomic mass is 28.4. The van der Waals surface area contributed by atoms with Crippen molar-refractivity contribution in [2.24, 2.45) is 5.41 Å². The minimum Gasteiger partial charge on any atom is -0.444 e. The molecule has 1 heterocycles. The van der Waals surface area contributed by atoms with Crippen molar-refractivity contribution in [3.63, 3.8) is 0 Å². The van der Waals surface area contributed by atoms with Gasteiger partial charge in [-0.25, -0.2) is 9.78 Å². The molecule has 1 unspecified atom stereocenters. The van der Waals surface area contributed by atoms with E-state index < -0.39 is 31.5 Å². The van der Waals surface area contributed by atoms with E-state index in [9.17, 15) is 9.90 Å². The van der Waals surface area contributed by atoms with Crippen LogP contribution in [-0.2, 0) is 22.0 Å². The molecule has 0 fully saturated rings. The van der Waals surface area contributed by atoms with Crippen LogP contribution in [0.3, 0.4) is 0 Å². The number of aromatic amines is 1. The zero-order valence-corrected chi connectivity index (χ0v) is 30.7. The first kappa shape index (κ1) is 37.3. The number of benzene rings is 2. The van der Waals surface area contributed by atoms with Crippen LogP contribution < -0.4 is 5.32 Å². The van der Waals surface area contributed by atoms with Gasteiger partial charge in [-0.15, -0.1) is 6.58 Å². The highest BCUT2D eigenvalue weighted by Crippen LogP contribution is 2.40. The lowest BCUT2D eigenvalue weighted by molar-refractivity contribution is 0.0418. The molecule has 1 aromatic heterocycles. The maximum Gasteiger partial charge on any atom is 0.407 e. The number of aromatic nitrogens is 2. The third kappa shape index (κ3) is 10.7. The van der Waals surface area contributed by atoms with Crippen LogP contribution >= 0.6 is 0 Å². The summed E-state index contributed by atoms with van der Waals surface area (Å²) < 4.78 is 13.0. The molecule has 0 aliphatic carbocycles. The van der Waals surface area contributed by atoms with Gasteiger partial charge in [-0.2, -0.15) is 0 Å². The van der Waals surface area contributed by atoms with Crippen LogP contribution in [0.5, 0.6) is 0 Å². The molecule has 0 aliphatic rings. The largest absolute Gasteiger partial charge is 0.444 e. The van der Waals surface area contributed by atoms with E-state index in [1.165, 1.54) is 5.56 Å². The summed E-state index contributed by atoms with van der Waals surface area (Å²) in [5.41, 5.74) is 1.74. The van der Waals surface area contributed by atoms with Gasteiger partial charge in [0.25, 0.3) is 0 Å². The Hall–Kier alpha value is -3.20. The average molecular weight is 648 g/mol. The number of H-pyrrole nitrogens is 1. The van der Waals surface area contributed by atoms with Gasteiger partial charge in [0.1, 0.15) is 17.5 Å². The average Bonchev–Trinajstić information content (AvgIpc) is 3.45. The molecule has 46 heavy (non-hydrogen) atoms. The van der Waals surface area contributed by atoms with Crippen molar-refractivity contribution >= 4 is 14.4 Å². The second-order valence-corrected chi connectivity index (χ2v) is 20.4. The van der Waals surface area contributed by atoms with Gasteiger partial charge in [0, 0.05) is 11.3 Å². The molecule has 0 aliphatic heterocycles. The molecule has 0 saturated carbocycles. The number of alkyl carbamates (subject to hydrolysis) is 1. The molecule has 3 N–H and O–H groups in total. The number of imidazole rings is 1. The van der Waals surface area contributed by atoms with Crippen molar-refractivity contribution in [3.8, 4) is 0 Å². The lowest BCUT2D eigenvalue weighted by Gasteiger charge is -2.42. The summed E-state index contributed by atoms with van der Waals surface area (Å²) in [6.45, 7) is 24.6. The van der Waals surface area contributed by atoms with E-state index in [-0.39, 0.29) is 23.1 Å². The van der Waals surface area contributed by atoms with Crippen LogP contribution in [0.1, 0.15) is 96.5 Å². The molecular weight excluding hydrogens is 591 g/mol. The van der Waals surface area contributed by atoms with E-state index >= 15 is 0 Å². The highest BCUT2D eigenvalue weighted by Gasteiger charge is 2.42. The number of aliphatic hydroxyl groups is 1. The van der Waals surface area contributed by atoms with E-state index in [2.05, 4.69) is 75.0 Å². The lowest BCUT2D eigenvalue weighted by atomic mass is 9.85. The smallest absolute Gasteiger partial charge is 0.407 e. The van der Waals surface area contributed by atoms with Crippen LogP contribution in [0.2, 0.25) is 18.1 Å². The molecule has 3 aromatic rings. The molecule has 0 saturated heterocycles. The minimum atomic E-state index is -2.32. The Labute approximate surface area is 278 Å². The maximum absolute atomic E-state index is 13.3. The number of hydrogen-bond acceptors (Lipinski definition) is 5. The molecule has 0 spiro atoms. The molecule has 8 heteroatoms. The third-order valence-corrected chi connectivity index (χ3v) is 13.6. The van der Waals surface area contributed by atoms with E-state index in [1.54, 1.807) is 12.3 Å². The van der Waals surface area contributed by atoms with Gasteiger partial charge in [-0.05, 0) is 69.3 Å². The van der Waals surface area contributed by atoms with Crippen LogP contribution in [0.15, 0.2) is 79.5 Å². The number of aliphatic hydroxyl groups excluding tert-OH is 1. The number of ether oxygens (including phenoxy) is 1. The third-order valence-electron chi connectivity index (χ3n) is 9.07. The zero-order valence-electron chi connectivity index (χ0n) is 29.7. The molecule has 0 bridgehead atoms. The fourth-order valence-corrected chi connectivity index (χ4v) is 6.50. The lowest BCUT2D eigenvalue weighted by Crippen LogP contribution is -2.53. The van der Waals surface area contributed by atoms with Crippen LogP contribution in [-0.4, -0.2) is 47.2 Å². The summed E-state index contributed by atoms with van der Waals surface area (Å²) in [4.78, 5) is 21.6. The Balaban J connectivity index is 2.11. The van der Waals surface area contributed by atoms with Crippen molar-refractivity contribution in [1.82, 2.24) is 15.3 Å². The number of carbonyl (C=O) groups excluding carboxylic acids is 1. The number of carbonyl (C=O) groups is 1. The molecule has 7 nitrogen and oxygen atoms in total. The van der Waals surface area contributed by atoms with E-state index in [0.717, 1.165) is 11.4 Å². The van der Waals surface area contributed by atoms with Gasteiger partial charge in [-0.3, -0.25) is 0 Å². The van der Waals surface area contributed by atoms with Crippen molar-refractivity contribution in [1.29, 1.82) is 0 Å². The predicted molar refractivity (Wildman–Crippen MR) is 190 cm³/mol. The molecule has 0 radical (unpaired) electrons. The van der Waals surface area contributed by atoms with Crippen LogP contribution in [0.4, 0.5) is 4.79 Å². The molecule has 252 valence electrons. The standard InChI is InChI=1S/C38H57N3O4Si/c1-12-38(8,9)33(42)31-26-39-34(40-31)29(23-27-19-15-13-16-20-27)25-32(45-46(10,11)37(5,6)7)30(24-28-21-17-14-18-22-28)41-35(43)44-36(2,3)4/h12-22,26,29-30,32-33,42H,1,23-25H2,2-11H3,(H,39,40)(H,41,43)/t29-,30+,32+,33?/m1/s1. The fraction of sp³-hybridized carbons (Fsp3) is 0.526. The highest BCUT2D eigenvalue weighted by molar-refractivity contribution is 6.74. The number of nitrogens with one attached hydrogen (secondary N) is 2. The topological polar surface area (TPSA) is 96.5 Å². The Bertz CT molecular complexity index is 1390. The SMILES string of the molecule is C=CC(C)(C)C(O)c1cnc([C@H](Cc2ccccc2)C[C@H](O[Si](C)(C)C(C)(C)C)[C@H](Cc2ccccc2)NC(=O)OC(C)(C)C)[nH]1. The number of nitrogens with zero attached hydrogens (tertiary/aromatic N) is 1. The van der Waals surface area contributed by atoms with Crippen molar-refractivity contribution in [2.75, 3.05) is 0 Å². The van der Waals surface area contributed by atoms with Crippen molar-refractivity contribution in [2.45, 2.75) is 123 Å². The monoisotopic (exact) mass is 647 g/mol.